The maximum absolute atomic E-state index is 5.96. The molecule has 4 aliphatic heterocycles. The van der Waals surface area contributed by atoms with Crippen LogP contribution >= 0.6 is 0 Å². The van der Waals surface area contributed by atoms with Crippen molar-refractivity contribution in [2.45, 2.75) is 77.8 Å². The van der Waals surface area contributed by atoms with Crippen LogP contribution in [0.1, 0.15) is 55.4 Å². The first-order chi connectivity index (χ1) is 16.8. The van der Waals surface area contributed by atoms with Gasteiger partial charge in [0.2, 0.25) is 0 Å². The Labute approximate surface area is 214 Å². The number of benzene rings is 2. The predicted molar refractivity (Wildman–Crippen MR) is 139 cm³/mol. The molecule has 0 spiro atoms. The predicted octanol–water partition coefficient (Wildman–Crippen LogP) is 4.23. The molecule has 2 aromatic rings. The Bertz CT molecular complexity index is 955. The number of hydrogen-bond acceptors (Lipinski definition) is 8. The first kappa shape index (κ1) is 25.4. The van der Waals surface area contributed by atoms with Crippen molar-refractivity contribution in [1.82, 2.24) is 0 Å². The van der Waals surface area contributed by atoms with E-state index in [9.17, 15) is 0 Å². The molecule has 4 aliphatic rings. The van der Waals surface area contributed by atoms with Crippen molar-refractivity contribution < 1.29 is 37.2 Å². The summed E-state index contributed by atoms with van der Waals surface area (Å²) in [5, 5.41) is 0. The van der Waals surface area contributed by atoms with Crippen molar-refractivity contribution in [2.75, 3.05) is 0 Å². The average molecular weight is 492 g/mol. The van der Waals surface area contributed by atoms with Crippen LogP contribution in [-0.2, 0) is 18.6 Å². The first-order valence-electron chi connectivity index (χ1n) is 12.3. The Morgan fingerprint density at radius 1 is 0.389 bits per heavy atom. The minimum Gasteiger partial charge on any atom is -0.524 e. The summed E-state index contributed by atoms with van der Waals surface area (Å²) in [5.74, 6) is 2.85. The second-order valence-corrected chi connectivity index (χ2v) is 11.4. The van der Waals surface area contributed by atoms with Crippen LogP contribution in [0, 0.1) is 0 Å². The zero-order chi connectivity index (χ0) is 25.9. The van der Waals surface area contributed by atoms with Crippen LogP contribution in [0.3, 0.4) is 0 Å². The van der Waals surface area contributed by atoms with Crippen LogP contribution in [0.15, 0.2) is 48.5 Å². The van der Waals surface area contributed by atoms with Gasteiger partial charge in [-0.05, 0) is 79.7 Å². The van der Waals surface area contributed by atoms with E-state index in [2.05, 4.69) is 0 Å². The SMILES string of the molecule is CC1(C)OB(B2OC(C)(C)C(C)(C)O2)OC1(C)C.c1ccc2c(c1)OB(B1Oc3ccccc3O1)O2. The smallest absolute Gasteiger partial charge is 0.524 e. The van der Waals surface area contributed by atoms with E-state index < -0.39 is 28.0 Å². The molecule has 188 valence electrons. The lowest BCUT2D eigenvalue weighted by molar-refractivity contribution is 0.00578. The fourth-order valence-electron chi connectivity index (χ4n) is 4.06. The summed E-state index contributed by atoms with van der Waals surface area (Å²) in [4.78, 5) is 0. The molecule has 0 aromatic heterocycles. The van der Waals surface area contributed by atoms with Crippen molar-refractivity contribution in [1.29, 1.82) is 0 Å². The number of hydrogen-bond donors (Lipinski definition) is 0. The van der Waals surface area contributed by atoms with Crippen molar-refractivity contribution >= 4 is 28.0 Å². The molecule has 0 saturated carbocycles. The van der Waals surface area contributed by atoms with Crippen molar-refractivity contribution in [3.63, 3.8) is 0 Å². The van der Waals surface area contributed by atoms with Gasteiger partial charge < -0.3 is 37.2 Å². The quantitative estimate of drug-likeness (QED) is 0.578. The third-order valence-electron chi connectivity index (χ3n) is 7.66. The highest BCUT2D eigenvalue weighted by Crippen LogP contribution is 2.43. The lowest BCUT2D eigenvalue weighted by Crippen LogP contribution is -2.49. The Morgan fingerprint density at radius 3 is 0.833 bits per heavy atom. The second-order valence-electron chi connectivity index (χ2n) is 11.4. The Hall–Kier alpha value is -2.26. The van der Waals surface area contributed by atoms with Gasteiger partial charge in [0, 0.05) is 0 Å². The molecule has 36 heavy (non-hydrogen) atoms. The number of fused-ring (bicyclic) bond motifs is 2. The van der Waals surface area contributed by atoms with Crippen LogP contribution in [0.25, 0.3) is 0 Å². The fraction of sp³-hybridized carbons (Fsp3) is 0.500. The maximum Gasteiger partial charge on any atom is 0.658 e. The van der Waals surface area contributed by atoms with Crippen LogP contribution in [0.4, 0.5) is 0 Å². The molecule has 12 heteroatoms. The van der Waals surface area contributed by atoms with Crippen LogP contribution < -0.4 is 18.6 Å². The first-order valence-corrected chi connectivity index (χ1v) is 12.3. The largest absolute Gasteiger partial charge is 0.658 e. The summed E-state index contributed by atoms with van der Waals surface area (Å²) in [5.41, 5.74) is -1.44. The third-order valence-corrected chi connectivity index (χ3v) is 7.66. The van der Waals surface area contributed by atoms with Gasteiger partial charge in [-0.25, -0.2) is 0 Å². The lowest BCUT2D eigenvalue weighted by Gasteiger charge is -2.32. The number of rotatable bonds is 2. The summed E-state index contributed by atoms with van der Waals surface area (Å²) in [7, 11) is -2.10. The van der Waals surface area contributed by atoms with Gasteiger partial charge in [0.05, 0.1) is 22.4 Å². The van der Waals surface area contributed by atoms with E-state index in [1.54, 1.807) is 0 Å². The molecule has 0 unspecified atom stereocenters. The molecule has 0 bridgehead atoms. The molecule has 0 aliphatic carbocycles. The Kier molecular flexibility index (Phi) is 6.10. The number of para-hydroxylation sites is 4. The van der Waals surface area contributed by atoms with Gasteiger partial charge in [-0.3, -0.25) is 0 Å². The summed E-state index contributed by atoms with van der Waals surface area (Å²) in [6.45, 7) is 16.2. The van der Waals surface area contributed by atoms with E-state index in [1.165, 1.54) is 0 Å². The maximum atomic E-state index is 5.96. The summed E-state index contributed by atoms with van der Waals surface area (Å²) in [6.07, 6.45) is 0. The van der Waals surface area contributed by atoms with Gasteiger partial charge >= 0.3 is 28.0 Å². The van der Waals surface area contributed by atoms with Gasteiger partial charge in [-0.15, -0.1) is 0 Å². The van der Waals surface area contributed by atoms with Crippen LogP contribution in [-0.4, -0.2) is 50.4 Å². The summed E-state index contributed by atoms with van der Waals surface area (Å²) >= 11 is 0. The normalized spacial score (nSPS) is 23.6. The van der Waals surface area contributed by atoms with Crippen LogP contribution in [0.2, 0.25) is 0 Å². The van der Waals surface area contributed by atoms with E-state index >= 15 is 0 Å². The molecule has 0 amide bonds. The molecule has 4 heterocycles. The van der Waals surface area contributed by atoms with Gasteiger partial charge in [-0.2, -0.15) is 0 Å². The highest BCUT2D eigenvalue weighted by molar-refractivity contribution is 7.12. The Morgan fingerprint density at radius 2 is 0.611 bits per heavy atom. The van der Waals surface area contributed by atoms with E-state index in [0.717, 1.165) is 0 Å². The molecule has 2 saturated heterocycles. The third kappa shape index (κ3) is 4.49. The van der Waals surface area contributed by atoms with Gasteiger partial charge in [0.1, 0.15) is 23.0 Å². The van der Waals surface area contributed by atoms with Crippen molar-refractivity contribution in [3.8, 4) is 23.0 Å². The van der Waals surface area contributed by atoms with E-state index in [0.29, 0.717) is 23.0 Å². The van der Waals surface area contributed by atoms with Gasteiger partial charge in [-0.1, -0.05) is 24.3 Å². The topological polar surface area (TPSA) is 73.8 Å². The highest BCUT2D eigenvalue weighted by Gasteiger charge is 2.63. The lowest BCUT2D eigenvalue weighted by atomic mass is 9.49. The van der Waals surface area contributed by atoms with E-state index in [4.69, 9.17) is 37.2 Å². The van der Waals surface area contributed by atoms with Gasteiger partial charge in [0.25, 0.3) is 0 Å². The van der Waals surface area contributed by atoms with Crippen molar-refractivity contribution in [3.05, 3.63) is 48.5 Å². The zero-order valence-electron chi connectivity index (χ0n) is 22.2. The summed E-state index contributed by atoms with van der Waals surface area (Å²) in [6, 6.07) is 15.0. The summed E-state index contributed by atoms with van der Waals surface area (Å²) < 4.78 is 46.4. The van der Waals surface area contributed by atoms with E-state index in [-0.39, 0.29) is 22.4 Å². The Balaban J connectivity index is 0.000000148. The second kappa shape index (κ2) is 8.65. The molecule has 0 N–H and O–H groups in total. The molecule has 8 nitrogen and oxygen atoms in total. The monoisotopic (exact) mass is 492 g/mol. The fourth-order valence-corrected chi connectivity index (χ4v) is 4.06. The molecular formula is C24H32B4O8. The minimum absolute atomic E-state index is 0.360. The molecule has 6 rings (SSSR count). The van der Waals surface area contributed by atoms with Crippen molar-refractivity contribution in [2.24, 2.45) is 0 Å². The standard InChI is InChI=1S/C12H8B2O4.C12H24B2O4/c1-2-6-10-9(5-1)15-13(16-10)14-17-11-7-3-4-8-12(11)18-14;1-9(2)10(3,4)16-13(15-9)14-17-11(5,6)12(7,8)18-14/h1-8H;1-8H3. The molecular weight excluding hydrogens is 460 g/mol. The van der Waals surface area contributed by atoms with Crippen LogP contribution in [0.5, 0.6) is 23.0 Å². The average Bonchev–Trinajstić information content (AvgIpc) is 3.50. The highest BCUT2D eigenvalue weighted by atomic mass is 16.7. The van der Waals surface area contributed by atoms with E-state index in [1.807, 2.05) is 104 Å². The zero-order valence-corrected chi connectivity index (χ0v) is 22.2. The molecule has 0 radical (unpaired) electrons. The molecule has 0 atom stereocenters. The molecule has 2 aromatic carbocycles. The molecule has 2 fully saturated rings. The van der Waals surface area contributed by atoms with Gasteiger partial charge in [0.15, 0.2) is 0 Å². The minimum atomic E-state index is -0.574.